The molecule has 2 amide bonds. The molecule has 1 heterocycles. The van der Waals surface area contributed by atoms with Crippen LogP contribution in [0.4, 0.5) is 4.79 Å². The number of likely N-dealkylation sites (N-methyl/N-ethyl adjacent to an activating group) is 2. The number of fused-ring (bicyclic) bond motifs is 1. The summed E-state index contributed by atoms with van der Waals surface area (Å²) in [6.07, 6.45) is 4.95. The molecule has 0 radical (unpaired) electrons. The molecule has 12 heavy (non-hydrogen) atoms. The first kappa shape index (κ1) is 7.90. The molecule has 0 aromatic rings. The average Bonchev–Trinajstić information content (AvgIpc) is 2.33. The molecule has 2 atom stereocenters. The van der Waals surface area contributed by atoms with Crippen molar-refractivity contribution in [2.24, 2.45) is 0 Å². The van der Waals surface area contributed by atoms with Gasteiger partial charge in [-0.05, 0) is 12.8 Å². The van der Waals surface area contributed by atoms with Crippen LogP contribution in [-0.2, 0) is 0 Å². The van der Waals surface area contributed by atoms with Gasteiger partial charge >= 0.3 is 6.03 Å². The van der Waals surface area contributed by atoms with Crippen molar-refractivity contribution in [2.75, 3.05) is 14.1 Å². The van der Waals surface area contributed by atoms with Gasteiger partial charge in [0, 0.05) is 14.1 Å². The SMILES string of the molecule is CN1C(=O)N(C)C2CCCCC21. The van der Waals surface area contributed by atoms with Crippen LogP contribution in [0.5, 0.6) is 0 Å². The molecular weight excluding hydrogens is 152 g/mol. The van der Waals surface area contributed by atoms with E-state index in [1.54, 1.807) is 0 Å². The van der Waals surface area contributed by atoms with Crippen LogP contribution in [0.1, 0.15) is 25.7 Å². The first-order chi connectivity index (χ1) is 5.72. The molecule has 1 aliphatic heterocycles. The third kappa shape index (κ3) is 0.919. The number of nitrogens with zero attached hydrogens (tertiary/aromatic N) is 2. The van der Waals surface area contributed by atoms with Crippen LogP contribution in [0.2, 0.25) is 0 Å². The van der Waals surface area contributed by atoms with Crippen molar-refractivity contribution >= 4 is 6.03 Å². The highest BCUT2D eigenvalue weighted by Gasteiger charge is 2.42. The Kier molecular flexibility index (Phi) is 1.74. The van der Waals surface area contributed by atoms with Gasteiger partial charge in [0.05, 0.1) is 12.1 Å². The van der Waals surface area contributed by atoms with Crippen LogP contribution in [0.15, 0.2) is 0 Å². The van der Waals surface area contributed by atoms with E-state index < -0.39 is 0 Å². The second-order valence-electron chi connectivity index (χ2n) is 3.92. The Morgan fingerprint density at radius 1 is 1.08 bits per heavy atom. The summed E-state index contributed by atoms with van der Waals surface area (Å²) >= 11 is 0. The van der Waals surface area contributed by atoms with E-state index in [4.69, 9.17) is 0 Å². The number of hydrogen-bond acceptors (Lipinski definition) is 1. The van der Waals surface area contributed by atoms with E-state index in [0.717, 1.165) is 0 Å². The Hall–Kier alpha value is -0.730. The van der Waals surface area contributed by atoms with Gasteiger partial charge in [0.2, 0.25) is 0 Å². The van der Waals surface area contributed by atoms with Crippen LogP contribution < -0.4 is 0 Å². The highest BCUT2D eigenvalue weighted by Crippen LogP contribution is 2.31. The van der Waals surface area contributed by atoms with Crippen molar-refractivity contribution in [3.05, 3.63) is 0 Å². The fourth-order valence-corrected chi connectivity index (χ4v) is 2.53. The molecule has 3 nitrogen and oxygen atoms in total. The smallest absolute Gasteiger partial charge is 0.320 e. The maximum absolute atomic E-state index is 11.5. The lowest BCUT2D eigenvalue weighted by molar-refractivity contribution is 0.200. The number of carbonyl (C=O) groups excluding carboxylic acids is 1. The molecule has 1 saturated heterocycles. The fourth-order valence-electron chi connectivity index (χ4n) is 2.53. The van der Waals surface area contributed by atoms with Gasteiger partial charge in [-0.3, -0.25) is 0 Å². The first-order valence-electron chi connectivity index (χ1n) is 4.71. The summed E-state index contributed by atoms with van der Waals surface area (Å²) in [7, 11) is 3.85. The van der Waals surface area contributed by atoms with Crippen LogP contribution in [0, 0.1) is 0 Å². The molecule has 68 valence electrons. The van der Waals surface area contributed by atoms with Crippen molar-refractivity contribution in [2.45, 2.75) is 37.8 Å². The predicted molar refractivity (Wildman–Crippen MR) is 47.0 cm³/mol. The molecule has 2 fully saturated rings. The zero-order chi connectivity index (χ0) is 8.72. The van der Waals surface area contributed by atoms with Gasteiger partial charge in [-0.25, -0.2) is 4.79 Å². The van der Waals surface area contributed by atoms with Gasteiger partial charge in [0.1, 0.15) is 0 Å². The van der Waals surface area contributed by atoms with Crippen molar-refractivity contribution in [3.63, 3.8) is 0 Å². The molecule has 0 bridgehead atoms. The van der Waals surface area contributed by atoms with Crippen LogP contribution in [-0.4, -0.2) is 42.0 Å². The van der Waals surface area contributed by atoms with Crippen LogP contribution in [0.3, 0.4) is 0 Å². The van der Waals surface area contributed by atoms with E-state index in [1.807, 2.05) is 23.9 Å². The molecule has 2 aliphatic rings. The zero-order valence-corrected chi connectivity index (χ0v) is 7.79. The standard InChI is InChI=1S/C9H16N2O/c1-10-7-5-3-4-6-8(7)11(2)9(10)12/h7-8H,3-6H2,1-2H3. The maximum atomic E-state index is 11.5. The zero-order valence-electron chi connectivity index (χ0n) is 7.79. The Morgan fingerprint density at radius 3 is 1.92 bits per heavy atom. The minimum Gasteiger partial charge on any atom is -0.323 e. The monoisotopic (exact) mass is 168 g/mol. The molecule has 2 rings (SSSR count). The minimum absolute atomic E-state index is 0.201. The average molecular weight is 168 g/mol. The molecular formula is C9H16N2O. The molecule has 0 aromatic heterocycles. The molecule has 1 saturated carbocycles. The van der Waals surface area contributed by atoms with Crippen LogP contribution >= 0.6 is 0 Å². The molecule has 1 aliphatic carbocycles. The minimum atomic E-state index is 0.201. The molecule has 0 N–H and O–H groups in total. The fraction of sp³-hybridized carbons (Fsp3) is 0.889. The lowest BCUT2D eigenvalue weighted by Crippen LogP contribution is -2.37. The summed E-state index contributed by atoms with van der Waals surface area (Å²) in [5, 5.41) is 0. The van der Waals surface area contributed by atoms with E-state index >= 15 is 0 Å². The van der Waals surface area contributed by atoms with Crippen molar-refractivity contribution in [1.29, 1.82) is 0 Å². The van der Waals surface area contributed by atoms with Gasteiger partial charge in [-0.2, -0.15) is 0 Å². The normalized spacial score (nSPS) is 35.7. The largest absolute Gasteiger partial charge is 0.323 e. The van der Waals surface area contributed by atoms with Crippen molar-refractivity contribution < 1.29 is 4.79 Å². The second-order valence-corrected chi connectivity index (χ2v) is 3.92. The molecule has 2 unspecified atom stereocenters. The third-order valence-electron chi connectivity index (χ3n) is 3.29. The third-order valence-corrected chi connectivity index (χ3v) is 3.29. The van der Waals surface area contributed by atoms with Crippen LogP contribution in [0.25, 0.3) is 0 Å². The lowest BCUT2D eigenvalue weighted by atomic mass is 9.91. The highest BCUT2D eigenvalue weighted by molar-refractivity contribution is 5.77. The second kappa shape index (κ2) is 2.64. The van der Waals surface area contributed by atoms with E-state index in [2.05, 4.69) is 0 Å². The Morgan fingerprint density at radius 2 is 1.50 bits per heavy atom. The number of amides is 2. The summed E-state index contributed by atoms with van der Waals surface area (Å²) in [6.45, 7) is 0. The predicted octanol–water partition coefficient (Wildman–Crippen LogP) is 1.29. The number of rotatable bonds is 0. The summed E-state index contributed by atoms with van der Waals surface area (Å²) < 4.78 is 0. The Bertz CT molecular complexity index is 185. The quantitative estimate of drug-likeness (QED) is 0.534. The maximum Gasteiger partial charge on any atom is 0.320 e. The first-order valence-corrected chi connectivity index (χ1v) is 4.71. The highest BCUT2D eigenvalue weighted by atomic mass is 16.2. The molecule has 0 spiro atoms. The lowest BCUT2D eigenvalue weighted by Gasteiger charge is -2.29. The Balaban J connectivity index is 2.19. The van der Waals surface area contributed by atoms with Gasteiger partial charge in [-0.15, -0.1) is 0 Å². The van der Waals surface area contributed by atoms with E-state index in [9.17, 15) is 4.79 Å². The van der Waals surface area contributed by atoms with Gasteiger partial charge < -0.3 is 9.80 Å². The molecule has 0 aromatic carbocycles. The van der Waals surface area contributed by atoms with Gasteiger partial charge in [0.15, 0.2) is 0 Å². The summed E-state index contributed by atoms with van der Waals surface area (Å²) in [4.78, 5) is 15.3. The molecule has 3 heteroatoms. The number of hydrogen-bond donors (Lipinski definition) is 0. The van der Waals surface area contributed by atoms with Crippen molar-refractivity contribution in [1.82, 2.24) is 9.80 Å². The summed E-state index contributed by atoms with van der Waals surface area (Å²) in [5.74, 6) is 0. The topological polar surface area (TPSA) is 23.6 Å². The van der Waals surface area contributed by atoms with E-state index in [-0.39, 0.29) is 6.03 Å². The number of carbonyl (C=O) groups is 1. The van der Waals surface area contributed by atoms with Crippen molar-refractivity contribution in [3.8, 4) is 0 Å². The summed E-state index contributed by atoms with van der Waals surface area (Å²) in [6, 6.07) is 1.19. The van der Waals surface area contributed by atoms with E-state index in [1.165, 1.54) is 25.7 Å². The van der Waals surface area contributed by atoms with Gasteiger partial charge in [0.25, 0.3) is 0 Å². The number of urea groups is 1. The summed E-state index contributed by atoms with van der Waals surface area (Å²) in [5.41, 5.74) is 0. The van der Waals surface area contributed by atoms with Gasteiger partial charge in [-0.1, -0.05) is 12.8 Å². The Labute approximate surface area is 73.3 Å². The van der Waals surface area contributed by atoms with E-state index in [0.29, 0.717) is 12.1 Å².